The molecule has 98 valence electrons. The van der Waals surface area contributed by atoms with E-state index >= 15 is 0 Å². The molecule has 0 amide bonds. The van der Waals surface area contributed by atoms with Crippen molar-refractivity contribution in [1.82, 2.24) is 0 Å². The molecular weight excluding hydrogens is 222 g/mol. The van der Waals surface area contributed by atoms with Crippen molar-refractivity contribution in [3.05, 3.63) is 0 Å². The van der Waals surface area contributed by atoms with Gasteiger partial charge in [0.15, 0.2) is 0 Å². The van der Waals surface area contributed by atoms with E-state index in [2.05, 4.69) is 0 Å². The fourth-order valence-electron chi connectivity index (χ4n) is 2.49. The van der Waals surface area contributed by atoms with E-state index in [0.29, 0.717) is 13.2 Å². The van der Waals surface area contributed by atoms with Gasteiger partial charge in [0.2, 0.25) is 0 Å². The summed E-state index contributed by atoms with van der Waals surface area (Å²) in [5.74, 6) is -0.505. The number of carbonyl (C=O) groups is 1. The Bertz CT molecular complexity index is 271. The fourth-order valence-corrected chi connectivity index (χ4v) is 2.49. The van der Waals surface area contributed by atoms with Crippen LogP contribution in [0.15, 0.2) is 0 Å². The van der Waals surface area contributed by atoms with Crippen molar-refractivity contribution >= 4 is 5.97 Å². The van der Waals surface area contributed by atoms with E-state index < -0.39 is 0 Å². The van der Waals surface area contributed by atoms with Crippen molar-refractivity contribution < 1.29 is 19.0 Å². The standard InChI is InChI=1S/C12H21NO4/c1-15-8-3-2-4-9(5-8)17-12(14)10-6-16-7-11(10)13/h8-11H,2-7,13H2,1H3. The molecule has 0 aromatic heterocycles. The van der Waals surface area contributed by atoms with Gasteiger partial charge >= 0.3 is 5.97 Å². The van der Waals surface area contributed by atoms with Crippen LogP contribution in [0.25, 0.3) is 0 Å². The quantitative estimate of drug-likeness (QED) is 0.729. The van der Waals surface area contributed by atoms with E-state index in [1.165, 1.54) is 0 Å². The topological polar surface area (TPSA) is 70.8 Å². The molecule has 2 N–H and O–H groups in total. The van der Waals surface area contributed by atoms with Crippen LogP contribution in [0.2, 0.25) is 0 Å². The van der Waals surface area contributed by atoms with Gasteiger partial charge in [-0.25, -0.2) is 0 Å². The third kappa shape index (κ3) is 3.18. The maximum Gasteiger partial charge on any atom is 0.313 e. The summed E-state index contributed by atoms with van der Waals surface area (Å²) >= 11 is 0. The number of nitrogens with two attached hydrogens (primary N) is 1. The largest absolute Gasteiger partial charge is 0.462 e. The SMILES string of the molecule is COC1CCCC(OC(=O)C2COCC2N)C1. The van der Waals surface area contributed by atoms with Gasteiger partial charge < -0.3 is 19.9 Å². The number of rotatable bonds is 3. The van der Waals surface area contributed by atoms with Crippen LogP contribution in [0, 0.1) is 5.92 Å². The van der Waals surface area contributed by atoms with Crippen LogP contribution < -0.4 is 5.73 Å². The molecule has 5 nitrogen and oxygen atoms in total. The molecule has 0 aromatic rings. The van der Waals surface area contributed by atoms with E-state index in [4.69, 9.17) is 19.9 Å². The molecule has 1 heterocycles. The second kappa shape index (κ2) is 5.80. The molecule has 1 aliphatic heterocycles. The van der Waals surface area contributed by atoms with Crippen molar-refractivity contribution in [2.75, 3.05) is 20.3 Å². The minimum Gasteiger partial charge on any atom is -0.462 e. The highest BCUT2D eigenvalue weighted by Crippen LogP contribution is 2.25. The predicted molar refractivity (Wildman–Crippen MR) is 61.4 cm³/mol. The molecule has 0 spiro atoms. The van der Waals surface area contributed by atoms with Crippen LogP contribution in [0.5, 0.6) is 0 Å². The summed E-state index contributed by atoms with van der Waals surface area (Å²) < 4.78 is 16.0. The fraction of sp³-hybridized carbons (Fsp3) is 0.917. The maximum atomic E-state index is 11.9. The highest BCUT2D eigenvalue weighted by Gasteiger charge is 2.35. The maximum absolute atomic E-state index is 11.9. The minimum atomic E-state index is -0.294. The van der Waals surface area contributed by atoms with Gasteiger partial charge in [-0.1, -0.05) is 0 Å². The molecule has 4 unspecified atom stereocenters. The molecule has 17 heavy (non-hydrogen) atoms. The Labute approximate surface area is 102 Å². The Morgan fingerprint density at radius 2 is 2.06 bits per heavy atom. The van der Waals surface area contributed by atoms with Gasteiger partial charge in [-0.3, -0.25) is 4.79 Å². The monoisotopic (exact) mass is 243 g/mol. The van der Waals surface area contributed by atoms with Crippen LogP contribution in [-0.2, 0) is 19.0 Å². The Morgan fingerprint density at radius 1 is 1.29 bits per heavy atom. The number of esters is 1. The Morgan fingerprint density at radius 3 is 2.71 bits per heavy atom. The first-order valence-electron chi connectivity index (χ1n) is 6.27. The Kier molecular flexibility index (Phi) is 4.36. The lowest BCUT2D eigenvalue weighted by Gasteiger charge is -2.28. The summed E-state index contributed by atoms with van der Waals surface area (Å²) in [6.07, 6.45) is 4.02. The second-order valence-electron chi connectivity index (χ2n) is 4.89. The third-order valence-corrected chi connectivity index (χ3v) is 3.62. The smallest absolute Gasteiger partial charge is 0.313 e. The summed E-state index contributed by atoms with van der Waals surface area (Å²) in [5.41, 5.74) is 5.79. The van der Waals surface area contributed by atoms with Gasteiger partial charge in [-0.15, -0.1) is 0 Å². The average molecular weight is 243 g/mol. The molecule has 1 saturated carbocycles. The van der Waals surface area contributed by atoms with Crippen molar-refractivity contribution in [3.8, 4) is 0 Å². The zero-order valence-electron chi connectivity index (χ0n) is 10.3. The van der Waals surface area contributed by atoms with Crippen LogP contribution in [0.3, 0.4) is 0 Å². The molecule has 4 atom stereocenters. The van der Waals surface area contributed by atoms with Crippen LogP contribution >= 0.6 is 0 Å². The van der Waals surface area contributed by atoms with Crippen molar-refractivity contribution in [2.45, 2.75) is 43.9 Å². The first-order chi connectivity index (χ1) is 8.20. The van der Waals surface area contributed by atoms with E-state index in [1.807, 2.05) is 0 Å². The van der Waals surface area contributed by atoms with Gasteiger partial charge in [-0.05, 0) is 19.3 Å². The van der Waals surface area contributed by atoms with Crippen LogP contribution in [0.1, 0.15) is 25.7 Å². The lowest BCUT2D eigenvalue weighted by molar-refractivity contribution is -0.157. The van der Waals surface area contributed by atoms with Gasteiger partial charge in [0.1, 0.15) is 6.10 Å². The van der Waals surface area contributed by atoms with Crippen molar-refractivity contribution in [1.29, 1.82) is 0 Å². The Balaban J connectivity index is 1.81. The summed E-state index contributed by atoms with van der Waals surface area (Å²) in [7, 11) is 1.70. The number of hydrogen-bond acceptors (Lipinski definition) is 5. The van der Waals surface area contributed by atoms with Crippen LogP contribution in [-0.4, -0.2) is 44.5 Å². The highest BCUT2D eigenvalue weighted by molar-refractivity contribution is 5.74. The first kappa shape index (κ1) is 12.8. The molecule has 0 bridgehead atoms. The van der Waals surface area contributed by atoms with Crippen molar-refractivity contribution in [3.63, 3.8) is 0 Å². The molecular formula is C12H21NO4. The third-order valence-electron chi connectivity index (χ3n) is 3.62. The van der Waals surface area contributed by atoms with Gasteiger partial charge in [0.05, 0.1) is 25.2 Å². The zero-order chi connectivity index (χ0) is 12.3. The number of carbonyl (C=O) groups excluding carboxylic acids is 1. The summed E-state index contributed by atoms with van der Waals surface area (Å²) in [5, 5.41) is 0. The second-order valence-corrected chi connectivity index (χ2v) is 4.89. The van der Waals surface area contributed by atoms with Crippen molar-refractivity contribution in [2.24, 2.45) is 11.7 Å². The van der Waals surface area contributed by atoms with Crippen LogP contribution in [0.4, 0.5) is 0 Å². The summed E-state index contributed by atoms with van der Waals surface area (Å²) in [4.78, 5) is 11.9. The van der Waals surface area contributed by atoms with Gasteiger partial charge in [0.25, 0.3) is 0 Å². The summed E-state index contributed by atoms with van der Waals surface area (Å²) in [6, 6.07) is -0.218. The summed E-state index contributed by atoms with van der Waals surface area (Å²) in [6.45, 7) is 0.839. The van der Waals surface area contributed by atoms with Gasteiger partial charge in [0, 0.05) is 19.6 Å². The molecule has 1 saturated heterocycles. The molecule has 0 aromatic carbocycles. The number of ether oxygens (including phenoxy) is 3. The normalized spacial score (nSPS) is 38.0. The lowest BCUT2D eigenvalue weighted by atomic mass is 9.94. The molecule has 2 aliphatic rings. The average Bonchev–Trinajstić information content (AvgIpc) is 2.76. The highest BCUT2D eigenvalue weighted by atomic mass is 16.6. The lowest BCUT2D eigenvalue weighted by Crippen LogP contribution is -2.38. The molecule has 0 radical (unpaired) electrons. The molecule has 2 fully saturated rings. The molecule has 2 rings (SSSR count). The number of methoxy groups -OCH3 is 1. The number of hydrogen-bond donors (Lipinski definition) is 1. The minimum absolute atomic E-state index is 0.0194. The Hall–Kier alpha value is -0.650. The zero-order valence-corrected chi connectivity index (χ0v) is 10.3. The van der Waals surface area contributed by atoms with E-state index in [1.54, 1.807) is 7.11 Å². The molecule has 5 heteroatoms. The van der Waals surface area contributed by atoms with E-state index in [0.717, 1.165) is 25.7 Å². The molecule has 1 aliphatic carbocycles. The predicted octanol–water partition coefficient (Wildman–Crippen LogP) is 0.461. The van der Waals surface area contributed by atoms with Gasteiger partial charge in [-0.2, -0.15) is 0 Å². The van der Waals surface area contributed by atoms with E-state index in [-0.39, 0.29) is 30.1 Å². The first-order valence-corrected chi connectivity index (χ1v) is 6.27. The van der Waals surface area contributed by atoms with E-state index in [9.17, 15) is 4.79 Å².